The van der Waals surface area contributed by atoms with Crippen molar-refractivity contribution in [3.8, 4) is 5.75 Å². The molecule has 174 valence electrons. The number of carbonyl (C=O) groups is 2. The highest BCUT2D eigenvalue weighted by Crippen LogP contribution is 2.39. The van der Waals surface area contributed by atoms with Crippen LogP contribution >= 0.6 is 11.6 Å². The van der Waals surface area contributed by atoms with Crippen LogP contribution in [0.5, 0.6) is 5.75 Å². The molecule has 2 aromatic heterocycles. The molecule has 0 saturated heterocycles. The molecule has 2 aliphatic rings. The van der Waals surface area contributed by atoms with Crippen molar-refractivity contribution < 1.29 is 18.7 Å². The molecule has 7 nitrogen and oxygen atoms in total. The highest BCUT2D eigenvalue weighted by molar-refractivity contribution is 6.32. The zero-order valence-electron chi connectivity index (χ0n) is 18.9. The third-order valence-electron chi connectivity index (χ3n) is 6.98. The molecule has 2 amide bonds. The Morgan fingerprint density at radius 3 is 2.64 bits per heavy atom. The van der Waals surface area contributed by atoms with Crippen molar-refractivity contribution in [2.24, 2.45) is 0 Å². The third-order valence-corrected chi connectivity index (χ3v) is 7.27. The van der Waals surface area contributed by atoms with E-state index >= 15 is 0 Å². The second kappa shape index (κ2) is 8.45. The van der Waals surface area contributed by atoms with Gasteiger partial charge in [-0.05, 0) is 38.0 Å². The molecule has 1 saturated carbocycles. The number of fused-ring (bicyclic) bond motifs is 3. The molecule has 0 spiro atoms. The minimum absolute atomic E-state index is 0.119. The lowest BCUT2D eigenvalue weighted by Gasteiger charge is -2.44. The summed E-state index contributed by atoms with van der Waals surface area (Å²) in [5, 5.41) is 3.64. The van der Waals surface area contributed by atoms with Crippen molar-refractivity contribution >= 4 is 40.2 Å². The predicted octanol–water partition coefficient (Wildman–Crippen LogP) is 5.15. The monoisotopic (exact) mass is 469 g/mol. The van der Waals surface area contributed by atoms with Crippen LogP contribution in [-0.2, 0) is 11.3 Å². The summed E-state index contributed by atoms with van der Waals surface area (Å²) in [6.07, 6.45) is 8.13. The molecule has 1 fully saturated rings. The van der Waals surface area contributed by atoms with Crippen LogP contribution in [0.3, 0.4) is 0 Å². The van der Waals surface area contributed by atoms with E-state index in [1.807, 2.05) is 17.6 Å². The molecule has 0 unspecified atom stereocenters. The Morgan fingerprint density at radius 1 is 1.18 bits per heavy atom. The molecule has 1 aliphatic heterocycles. The second-order valence-electron chi connectivity index (χ2n) is 9.18. The summed E-state index contributed by atoms with van der Waals surface area (Å²) in [6, 6.07) is 8.84. The molecular weight excluding hydrogens is 442 g/mol. The van der Waals surface area contributed by atoms with Crippen LogP contribution < -0.4 is 15.0 Å². The number of benzene rings is 1. The molecule has 1 aliphatic carbocycles. The van der Waals surface area contributed by atoms with Gasteiger partial charge < -0.3 is 19.0 Å². The zero-order chi connectivity index (χ0) is 23.2. The topological polar surface area (TPSA) is 76.7 Å². The number of rotatable bonds is 4. The largest absolute Gasteiger partial charge is 0.495 e. The Bertz CT molecular complexity index is 1210. The number of hydrogen-bond acceptors (Lipinski definition) is 4. The van der Waals surface area contributed by atoms with Crippen molar-refractivity contribution in [3.05, 3.63) is 47.3 Å². The first-order valence-electron chi connectivity index (χ1n) is 11.5. The smallest absolute Gasteiger partial charge is 0.276 e. The summed E-state index contributed by atoms with van der Waals surface area (Å²) in [5.41, 5.74) is 1.31. The van der Waals surface area contributed by atoms with Crippen molar-refractivity contribution in [3.63, 3.8) is 0 Å². The van der Waals surface area contributed by atoms with Gasteiger partial charge in [-0.15, -0.1) is 0 Å². The number of ether oxygens (including phenoxy) is 1. The van der Waals surface area contributed by atoms with E-state index in [4.69, 9.17) is 20.8 Å². The Hall–Kier alpha value is -2.93. The highest BCUT2D eigenvalue weighted by atomic mass is 35.5. The third kappa shape index (κ3) is 3.68. The van der Waals surface area contributed by atoms with Crippen LogP contribution in [0.2, 0.25) is 5.02 Å². The highest BCUT2D eigenvalue weighted by Gasteiger charge is 2.49. The molecule has 1 N–H and O–H groups in total. The van der Waals surface area contributed by atoms with Gasteiger partial charge in [0.25, 0.3) is 5.91 Å². The molecule has 8 heteroatoms. The molecule has 0 radical (unpaired) electrons. The predicted molar refractivity (Wildman–Crippen MR) is 127 cm³/mol. The average molecular weight is 470 g/mol. The van der Waals surface area contributed by atoms with Gasteiger partial charge in [-0.25, -0.2) is 0 Å². The second-order valence-corrected chi connectivity index (χ2v) is 9.59. The van der Waals surface area contributed by atoms with Crippen LogP contribution in [0.1, 0.15) is 55.9 Å². The molecule has 1 atom stereocenters. The SMILES string of the molecule is COc1ccc(N2C(=O)c3cc4occc4n3C[C@]2(C)C(=O)NC2CCCCCC2)cc1Cl. The van der Waals surface area contributed by atoms with E-state index in [-0.39, 0.29) is 17.9 Å². The van der Waals surface area contributed by atoms with Crippen molar-refractivity contribution in [2.45, 2.75) is 63.6 Å². The molecule has 3 heterocycles. The lowest BCUT2D eigenvalue weighted by Crippen LogP contribution is -2.65. The fourth-order valence-corrected chi connectivity index (χ4v) is 5.43. The lowest BCUT2D eigenvalue weighted by molar-refractivity contribution is -0.127. The Balaban J connectivity index is 1.58. The summed E-state index contributed by atoms with van der Waals surface area (Å²) in [7, 11) is 1.54. The fourth-order valence-electron chi connectivity index (χ4n) is 5.18. The van der Waals surface area contributed by atoms with Crippen LogP contribution in [-0.4, -0.2) is 35.1 Å². The van der Waals surface area contributed by atoms with Gasteiger partial charge in [0.05, 0.1) is 30.5 Å². The fraction of sp³-hybridized carbons (Fsp3) is 0.440. The van der Waals surface area contributed by atoms with Gasteiger partial charge in [0, 0.05) is 23.9 Å². The first-order chi connectivity index (χ1) is 15.9. The van der Waals surface area contributed by atoms with E-state index in [0.717, 1.165) is 31.2 Å². The van der Waals surface area contributed by atoms with Gasteiger partial charge in [0.1, 0.15) is 17.0 Å². The summed E-state index contributed by atoms with van der Waals surface area (Å²) >= 11 is 6.41. The molecular formula is C25H28ClN3O4. The van der Waals surface area contributed by atoms with Crippen LogP contribution in [0.4, 0.5) is 5.69 Å². The normalized spacial score (nSPS) is 21.7. The Labute approximate surface area is 197 Å². The first-order valence-corrected chi connectivity index (χ1v) is 11.9. The van der Waals surface area contributed by atoms with Gasteiger partial charge in [0.2, 0.25) is 5.91 Å². The van der Waals surface area contributed by atoms with Gasteiger partial charge in [0.15, 0.2) is 5.58 Å². The standard InChI is InChI=1S/C25H28ClN3O4/c1-25(24(31)27-16-7-5-3-4-6-8-16)15-28-19-11-12-33-22(19)14-20(28)23(30)29(25)17-9-10-21(32-2)18(26)13-17/h9-14,16H,3-8,15H2,1-2H3,(H,27,31)/t25-/m1/s1. The summed E-state index contributed by atoms with van der Waals surface area (Å²) in [5.74, 6) is 0.0773. The minimum Gasteiger partial charge on any atom is -0.495 e. The van der Waals surface area contributed by atoms with Gasteiger partial charge >= 0.3 is 0 Å². The van der Waals surface area contributed by atoms with E-state index in [2.05, 4.69) is 5.32 Å². The Morgan fingerprint density at radius 2 is 1.94 bits per heavy atom. The quantitative estimate of drug-likeness (QED) is 0.536. The van der Waals surface area contributed by atoms with E-state index in [1.54, 1.807) is 42.5 Å². The number of methoxy groups -OCH3 is 1. The molecule has 33 heavy (non-hydrogen) atoms. The molecule has 3 aromatic rings. The molecule has 1 aromatic carbocycles. The van der Waals surface area contributed by atoms with Crippen LogP contribution in [0.15, 0.2) is 41.0 Å². The summed E-state index contributed by atoms with van der Waals surface area (Å²) < 4.78 is 12.7. The van der Waals surface area contributed by atoms with Crippen molar-refractivity contribution in [1.82, 2.24) is 9.88 Å². The first kappa shape index (κ1) is 21.9. The number of amides is 2. The Kier molecular flexibility index (Phi) is 5.60. The van der Waals surface area contributed by atoms with Gasteiger partial charge in [-0.2, -0.15) is 0 Å². The average Bonchev–Trinajstić information content (AvgIpc) is 3.28. The maximum Gasteiger partial charge on any atom is 0.276 e. The maximum atomic E-state index is 13.8. The number of furan rings is 1. The van der Waals surface area contributed by atoms with Gasteiger partial charge in [-0.1, -0.05) is 37.3 Å². The van der Waals surface area contributed by atoms with Crippen LogP contribution in [0.25, 0.3) is 11.1 Å². The summed E-state index contributed by atoms with van der Waals surface area (Å²) in [4.78, 5) is 29.2. The number of anilines is 1. The number of nitrogens with one attached hydrogen (secondary N) is 1. The zero-order valence-corrected chi connectivity index (χ0v) is 19.7. The number of aromatic nitrogens is 1. The number of halogens is 1. The van der Waals surface area contributed by atoms with E-state index in [9.17, 15) is 9.59 Å². The summed E-state index contributed by atoms with van der Waals surface area (Å²) in [6.45, 7) is 2.13. The van der Waals surface area contributed by atoms with E-state index in [0.29, 0.717) is 34.3 Å². The minimum atomic E-state index is -1.16. The van der Waals surface area contributed by atoms with E-state index in [1.165, 1.54) is 12.8 Å². The van der Waals surface area contributed by atoms with Crippen molar-refractivity contribution in [2.75, 3.05) is 12.0 Å². The molecule has 5 rings (SSSR count). The number of hydrogen-bond donors (Lipinski definition) is 1. The van der Waals surface area contributed by atoms with Gasteiger partial charge in [-0.3, -0.25) is 14.5 Å². The van der Waals surface area contributed by atoms with E-state index < -0.39 is 5.54 Å². The number of nitrogens with zero attached hydrogens (tertiary/aromatic N) is 2. The lowest BCUT2D eigenvalue weighted by atomic mass is 9.92. The maximum absolute atomic E-state index is 13.8. The van der Waals surface area contributed by atoms with Crippen molar-refractivity contribution in [1.29, 1.82) is 0 Å². The number of carbonyl (C=O) groups excluding carboxylic acids is 2. The molecule has 0 bridgehead atoms. The van der Waals surface area contributed by atoms with Crippen LogP contribution in [0, 0.1) is 0 Å².